The van der Waals surface area contributed by atoms with Crippen LogP contribution in [0.3, 0.4) is 0 Å². The molecule has 0 aromatic carbocycles. The van der Waals surface area contributed by atoms with Crippen LogP contribution in [0.25, 0.3) is 0 Å². The average Bonchev–Trinajstić information content (AvgIpc) is 2.53. The predicted octanol–water partition coefficient (Wildman–Crippen LogP) is 3.05. The van der Waals surface area contributed by atoms with Crippen molar-refractivity contribution in [2.45, 2.75) is 33.3 Å². The van der Waals surface area contributed by atoms with Gasteiger partial charge in [-0.15, -0.1) is 11.3 Å². The molecule has 0 N–H and O–H groups in total. The van der Waals surface area contributed by atoms with Gasteiger partial charge in [-0.2, -0.15) is 0 Å². The standard InChI is InChI=1S/C10H17NOS/c1-5-8-6-13-10(11-8)9(12-4)7(2)3/h6-7,9H,5H2,1-4H3. The number of thiazole rings is 1. The summed E-state index contributed by atoms with van der Waals surface area (Å²) in [6.07, 6.45) is 1.16. The second-order valence-electron chi connectivity index (χ2n) is 3.43. The second kappa shape index (κ2) is 4.72. The van der Waals surface area contributed by atoms with Crippen molar-refractivity contribution >= 4 is 11.3 Å². The summed E-state index contributed by atoms with van der Waals surface area (Å²) in [5, 5.41) is 3.22. The molecule has 1 rings (SSSR count). The smallest absolute Gasteiger partial charge is 0.122 e. The van der Waals surface area contributed by atoms with Crippen molar-refractivity contribution in [3.05, 3.63) is 16.1 Å². The Balaban J connectivity index is 2.79. The van der Waals surface area contributed by atoms with E-state index in [9.17, 15) is 0 Å². The number of rotatable bonds is 4. The van der Waals surface area contributed by atoms with Crippen LogP contribution >= 0.6 is 11.3 Å². The Morgan fingerprint density at radius 3 is 2.62 bits per heavy atom. The lowest BCUT2D eigenvalue weighted by Crippen LogP contribution is -2.08. The van der Waals surface area contributed by atoms with Gasteiger partial charge >= 0.3 is 0 Å². The molecule has 0 amide bonds. The summed E-state index contributed by atoms with van der Waals surface area (Å²) in [5.41, 5.74) is 1.17. The van der Waals surface area contributed by atoms with Gasteiger partial charge in [-0.25, -0.2) is 4.98 Å². The molecular weight excluding hydrogens is 182 g/mol. The van der Waals surface area contributed by atoms with E-state index in [1.807, 2.05) is 0 Å². The minimum Gasteiger partial charge on any atom is -0.374 e. The first-order chi connectivity index (χ1) is 6.19. The van der Waals surface area contributed by atoms with Crippen molar-refractivity contribution in [3.63, 3.8) is 0 Å². The van der Waals surface area contributed by atoms with E-state index in [2.05, 4.69) is 31.1 Å². The van der Waals surface area contributed by atoms with Gasteiger partial charge in [-0.1, -0.05) is 20.8 Å². The third-order valence-corrected chi connectivity index (χ3v) is 2.99. The van der Waals surface area contributed by atoms with E-state index in [0.717, 1.165) is 11.4 Å². The van der Waals surface area contributed by atoms with Crippen LogP contribution in [-0.4, -0.2) is 12.1 Å². The summed E-state index contributed by atoms with van der Waals surface area (Å²) in [6, 6.07) is 0. The highest BCUT2D eigenvalue weighted by Crippen LogP contribution is 2.27. The molecule has 74 valence electrons. The van der Waals surface area contributed by atoms with E-state index >= 15 is 0 Å². The van der Waals surface area contributed by atoms with Gasteiger partial charge in [0.05, 0.1) is 5.69 Å². The molecule has 1 unspecified atom stereocenters. The minimum absolute atomic E-state index is 0.158. The van der Waals surface area contributed by atoms with Crippen molar-refractivity contribution in [2.75, 3.05) is 7.11 Å². The summed E-state index contributed by atoms with van der Waals surface area (Å²) in [6.45, 7) is 6.43. The molecule has 0 aliphatic heterocycles. The molecule has 3 heteroatoms. The quantitative estimate of drug-likeness (QED) is 0.743. The molecule has 0 fully saturated rings. The molecule has 13 heavy (non-hydrogen) atoms. The van der Waals surface area contributed by atoms with Gasteiger partial charge in [0.25, 0.3) is 0 Å². The fraction of sp³-hybridized carbons (Fsp3) is 0.700. The molecule has 0 radical (unpaired) electrons. The van der Waals surface area contributed by atoms with Gasteiger partial charge in [0, 0.05) is 12.5 Å². The molecular formula is C10H17NOS. The first-order valence-electron chi connectivity index (χ1n) is 4.66. The Kier molecular flexibility index (Phi) is 3.88. The molecule has 0 saturated carbocycles. The Hall–Kier alpha value is -0.410. The van der Waals surface area contributed by atoms with E-state index in [0.29, 0.717) is 5.92 Å². The molecule has 0 aliphatic rings. The second-order valence-corrected chi connectivity index (χ2v) is 4.32. The normalized spacial score (nSPS) is 13.6. The van der Waals surface area contributed by atoms with Crippen LogP contribution < -0.4 is 0 Å². The zero-order chi connectivity index (χ0) is 9.84. The Morgan fingerprint density at radius 2 is 2.23 bits per heavy atom. The van der Waals surface area contributed by atoms with Gasteiger partial charge in [0.15, 0.2) is 0 Å². The van der Waals surface area contributed by atoms with Crippen molar-refractivity contribution in [2.24, 2.45) is 5.92 Å². The first-order valence-corrected chi connectivity index (χ1v) is 5.54. The highest BCUT2D eigenvalue weighted by molar-refractivity contribution is 7.09. The molecule has 1 heterocycles. The van der Waals surface area contributed by atoms with E-state index < -0.39 is 0 Å². The molecule has 1 aromatic heterocycles. The molecule has 2 nitrogen and oxygen atoms in total. The molecule has 0 saturated heterocycles. The molecule has 0 bridgehead atoms. The van der Waals surface area contributed by atoms with Crippen molar-refractivity contribution < 1.29 is 4.74 Å². The van der Waals surface area contributed by atoms with E-state index in [-0.39, 0.29) is 6.10 Å². The van der Waals surface area contributed by atoms with Crippen LogP contribution in [0.5, 0.6) is 0 Å². The van der Waals surface area contributed by atoms with Crippen LogP contribution in [0.4, 0.5) is 0 Å². The highest BCUT2D eigenvalue weighted by atomic mass is 32.1. The summed E-state index contributed by atoms with van der Waals surface area (Å²) >= 11 is 1.70. The Bertz CT molecular complexity index is 257. The number of nitrogens with zero attached hydrogens (tertiary/aromatic N) is 1. The van der Waals surface area contributed by atoms with Crippen molar-refractivity contribution in [3.8, 4) is 0 Å². The molecule has 0 spiro atoms. The van der Waals surface area contributed by atoms with E-state index in [4.69, 9.17) is 4.74 Å². The highest BCUT2D eigenvalue weighted by Gasteiger charge is 2.18. The van der Waals surface area contributed by atoms with Crippen molar-refractivity contribution in [1.82, 2.24) is 4.98 Å². The lowest BCUT2D eigenvalue weighted by Gasteiger charge is -2.15. The zero-order valence-electron chi connectivity index (χ0n) is 8.70. The average molecular weight is 199 g/mol. The maximum Gasteiger partial charge on any atom is 0.122 e. The predicted molar refractivity (Wildman–Crippen MR) is 56.1 cm³/mol. The fourth-order valence-electron chi connectivity index (χ4n) is 1.27. The largest absolute Gasteiger partial charge is 0.374 e. The first kappa shape index (κ1) is 10.7. The third-order valence-electron chi connectivity index (χ3n) is 2.03. The van der Waals surface area contributed by atoms with Crippen LogP contribution in [0.15, 0.2) is 5.38 Å². The number of hydrogen-bond donors (Lipinski definition) is 0. The van der Waals surface area contributed by atoms with Gasteiger partial charge in [0.2, 0.25) is 0 Å². The lowest BCUT2D eigenvalue weighted by molar-refractivity contribution is 0.0643. The molecule has 0 aliphatic carbocycles. The summed E-state index contributed by atoms with van der Waals surface area (Å²) in [7, 11) is 1.75. The monoisotopic (exact) mass is 199 g/mol. The van der Waals surface area contributed by atoms with Crippen LogP contribution in [0.1, 0.15) is 37.6 Å². The summed E-state index contributed by atoms with van der Waals surface area (Å²) in [5.74, 6) is 0.487. The molecule has 1 atom stereocenters. The zero-order valence-corrected chi connectivity index (χ0v) is 9.52. The van der Waals surface area contributed by atoms with Gasteiger partial charge in [-0.05, 0) is 12.3 Å². The number of methoxy groups -OCH3 is 1. The lowest BCUT2D eigenvalue weighted by atomic mass is 10.1. The Labute approximate surface area is 84.0 Å². The maximum atomic E-state index is 5.40. The number of aryl methyl sites for hydroxylation is 1. The fourth-order valence-corrected chi connectivity index (χ4v) is 2.42. The Morgan fingerprint density at radius 1 is 1.54 bits per heavy atom. The van der Waals surface area contributed by atoms with Crippen LogP contribution in [-0.2, 0) is 11.2 Å². The van der Waals surface area contributed by atoms with E-state index in [1.165, 1.54) is 5.69 Å². The van der Waals surface area contributed by atoms with Crippen LogP contribution in [0.2, 0.25) is 0 Å². The van der Waals surface area contributed by atoms with Crippen LogP contribution in [0, 0.1) is 5.92 Å². The SMILES string of the molecule is CCc1csc(C(OC)C(C)C)n1. The number of aromatic nitrogens is 1. The van der Waals surface area contributed by atoms with Gasteiger partial charge in [-0.3, -0.25) is 0 Å². The third kappa shape index (κ3) is 2.51. The summed E-state index contributed by atoms with van der Waals surface area (Å²) in [4.78, 5) is 4.51. The van der Waals surface area contributed by atoms with E-state index in [1.54, 1.807) is 18.4 Å². The molecule has 1 aromatic rings. The van der Waals surface area contributed by atoms with Crippen molar-refractivity contribution in [1.29, 1.82) is 0 Å². The maximum absolute atomic E-state index is 5.40. The van der Waals surface area contributed by atoms with Gasteiger partial charge < -0.3 is 4.74 Å². The summed E-state index contributed by atoms with van der Waals surface area (Å²) < 4.78 is 5.40. The van der Waals surface area contributed by atoms with Gasteiger partial charge in [0.1, 0.15) is 11.1 Å². The topological polar surface area (TPSA) is 22.1 Å². The number of hydrogen-bond acceptors (Lipinski definition) is 3. The number of ether oxygens (including phenoxy) is 1. The minimum atomic E-state index is 0.158.